The van der Waals surface area contributed by atoms with E-state index >= 15 is 0 Å². The van der Waals surface area contributed by atoms with Crippen LogP contribution >= 0.6 is 0 Å². The SMILES string of the molecule is N#Cc1c(-c2ccc3c(c2)c2ccccc2n3-c2ccccc2)c(-c2ccc3c(c2)c2ccccc2n3-c2ccccc2)c(-c2ccc3c(c2)c2ccccc2n3-c2ccccc2)c(-c2nc(-c3ccccc3)cc(-c3ccccc3)n2)c1-c1ccc2c(c1)c1ccccc1n2-c1ccccc1. The van der Waals surface area contributed by atoms with E-state index in [-0.39, 0.29) is 0 Å². The molecular weight excluding hydrogens is 1240 g/mol. The second kappa shape index (κ2) is 23.7. The van der Waals surface area contributed by atoms with Gasteiger partial charge in [-0.2, -0.15) is 5.26 Å². The highest BCUT2D eigenvalue weighted by molar-refractivity contribution is 6.19. The van der Waals surface area contributed by atoms with Gasteiger partial charge in [-0.1, -0.05) is 231 Å². The van der Waals surface area contributed by atoms with Gasteiger partial charge in [-0.3, -0.25) is 0 Å². The van der Waals surface area contributed by atoms with E-state index in [0.29, 0.717) is 17.0 Å². The highest BCUT2D eigenvalue weighted by Crippen LogP contribution is 2.55. The maximum absolute atomic E-state index is 13.2. The predicted molar refractivity (Wildman–Crippen MR) is 422 cm³/mol. The molecule has 0 saturated carbocycles. The summed E-state index contributed by atoms with van der Waals surface area (Å²) in [5.41, 5.74) is 24.3. The Morgan fingerprint density at radius 3 is 0.755 bits per heavy atom. The summed E-state index contributed by atoms with van der Waals surface area (Å²) in [7, 11) is 0. The third-order valence-electron chi connectivity index (χ3n) is 20.6. The zero-order chi connectivity index (χ0) is 67.4. The third kappa shape index (κ3) is 9.21. The number of benzene rings is 15. The summed E-state index contributed by atoms with van der Waals surface area (Å²) in [6, 6.07) is 131. The number of fused-ring (bicyclic) bond motifs is 12. The second-order valence-electron chi connectivity index (χ2n) is 26.2. The van der Waals surface area contributed by atoms with Crippen LogP contribution in [0.3, 0.4) is 0 Å². The van der Waals surface area contributed by atoms with Crippen LogP contribution in [0.4, 0.5) is 0 Å². The van der Waals surface area contributed by atoms with E-state index in [1.807, 2.05) is 12.1 Å². The Kier molecular flexibility index (Phi) is 13.5. The van der Waals surface area contributed by atoms with E-state index in [4.69, 9.17) is 9.97 Å². The Morgan fingerprint density at radius 1 is 0.206 bits per heavy atom. The molecule has 0 N–H and O–H groups in total. The van der Waals surface area contributed by atoms with Gasteiger partial charge in [-0.25, -0.2) is 9.97 Å². The molecule has 0 amide bonds. The maximum atomic E-state index is 13.2. The van der Waals surface area contributed by atoms with Crippen LogP contribution in [-0.2, 0) is 0 Å². The molecule has 0 fully saturated rings. The Balaban J connectivity index is 1.01. The van der Waals surface area contributed by atoms with Crippen molar-refractivity contribution in [3.8, 4) is 107 Å². The van der Waals surface area contributed by atoms with Crippen molar-refractivity contribution < 1.29 is 0 Å². The fourth-order valence-corrected chi connectivity index (χ4v) is 16.2. The van der Waals surface area contributed by atoms with Crippen molar-refractivity contribution in [2.75, 3.05) is 0 Å². The first kappa shape index (κ1) is 58.2. The molecule has 0 radical (unpaired) electrons. The summed E-state index contributed by atoms with van der Waals surface area (Å²) >= 11 is 0. The summed E-state index contributed by atoms with van der Waals surface area (Å²) in [6.07, 6.45) is 0. The smallest absolute Gasteiger partial charge is 0.161 e. The Morgan fingerprint density at radius 2 is 0.451 bits per heavy atom. The van der Waals surface area contributed by atoms with Crippen molar-refractivity contribution in [2.45, 2.75) is 0 Å². The Bertz CT molecular complexity index is 6720. The molecule has 102 heavy (non-hydrogen) atoms. The van der Waals surface area contributed by atoms with Crippen molar-refractivity contribution in [1.29, 1.82) is 5.26 Å². The van der Waals surface area contributed by atoms with Gasteiger partial charge in [0.25, 0.3) is 0 Å². The van der Waals surface area contributed by atoms with Crippen LogP contribution in [0, 0.1) is 11.3 Å². The normalized spacial score (nSPS) is 11.7. The van der Waals surface area contributed by atoms with E-state index in [1.165, 1.54) is 0 Å². The third-order valence-corrected chi connectivity index (χ3v) is 20.6. The van der Waals surface area contributed by atoms with Crippen LogP contribution in [-0.4, -0.2) is 28.2 Å². The van der Waals surface area contributed by atoms with E-state index in [0.717, 1.165) is 177 Å². The molecule has 0 unspecified atom stereocenters. The van der Waals surface area contributed by atoms with Gasteiger partial charge < -0.3 is 18.3 Å². The molecule has 5 aromatic heterocycles. The van der Waals surface area contributed by atoms with Crippen molar-refractivity contribution in [3.63, 3.8) is 0 Å². The summed E-state index contributed by atoms with van der Waals surface area (Å²) < 4.78 is 9.47. The lowest BCUT2D eigenvalue weighted by Crippen LogP contribution is -2.05. The first-order valence-corrected chi connectivity index (χ1v) is 34.6. The summed E-state index contributed by atoms with van der Waals surface area (Å²) in [4.78, 5) is 11.8. The molecule has 7 nitrogen and oxygen atoms in total. The van der Waals surface area contributed by atoms with Gasteiger partial charge in [0.15, 0.2) is 5.82 Å². The zero-order valence-corrected chi connectivity index (χ0v) is 55.2. The fraction of sp³-hybridized carbons (Fsp3) is 0. The van der Waals surface area contributed by atoms with Crippen molar-refractivity contribution in [3.05, 3.63) is 363 Å². The molecule has 15 aromatic carbocycles. The molecule has 5 heterocycles. The minimum atomic E-state index is 0.478. The maximum Gasteiger partial charge on any atom is 0.161 e. The van der Waals surface area contributed by atoms with Gasteiger partial charge in [0.1, 0.15) is 6.07 Å². The molecule has 474 valence electrons. The van der Waals surface area contributed by atoms with Crippen molar-refractivity contribution in [2.24, 2.45) is 0 Å². The first-order chi connectivity index (χ1) is 50.6. The standard InChI is InChI=1S/C95H59N7/c96-60-79-90(63-47-51-86-75(55-63)71-39-19-23-43-82(71)99(86)67-31-11-3-12-32-67)92(65-49-53-88-77(57-65)73-41-21-25-45-84(73)101(88)69-35-15-5-16-36-69)93(66-50-54-89-78(58-66)74-42-22-26-46-85(74)102(89)70-37-17-6-18-38-70)94(95-97-80(61-27-7-1-8-28-61)59-81(98-95)62-29-9-2-10-30-62)91(79)64-48-52-87-76(56-64)72-40-20-24-44-83(72)100(87)68-33-13-4-14-34-68/h1-59H. The van der Waals surface area contributed by atoms with Gasteiger partial charge in [-0.15, -0.1) is 0 Å². The summed E-state index contributed by atoms with van der Waals surface area (Å²) in [5, 5.41) is 21.8. The number of hydrogen-bond donors (Lipinski definition) is 0. The number of nitrogens with zero attached hydrogens (tertiary/aromatic N) is 7. The molecule has 0 saturated heterocycles. The highest BCUT2D eigenvalue weighted by Gasteiger charge is 2.33. The highest BCUT2D eigenvalue weighted by atomic mass is 15.0. The number of nitriles is 1. The fourth-order valence-electron chi connectivity index (χ4n) is 16.2. The molecule has 7 heteroatoms. The minimum absolute atomic E-state index is 0.478. The molecule has 0 atom stereocenters. The van der Waals surface area contributed by atoms with Crippen LogP contribution in [0.1, 0.15) is 5.56 Å². The van der Waals surface area contributed by atoms with Gasteiger partial charge in [0, 0.05) is 99.2 Å². The second-order valence-corrected chi connectivity index (χ2v) is 26.2. The van der Waals surface area contributed by atoms with Gasteiger partial charge in [0.2, 0.25) is 0 Å². The van der Waals surface area contributed by atoms with Crippen LogP contribution in [0.5, 0.6) is 0 Å². The van der Waals surface area contributed by atoms with Gasteiger partial charge >= 0.3 is 0 Å². The lowest BCUT2D eigenvalue weighted by Gasteiger charge is -2.26. The van der Waals surface area contributed by atoms with E-state index < -0.39 is 0 Å². The number of aromatic nitrogens is 6. The average molecular weight is 1300 g/mol. The lowest BCUT2D eigenvalue weighted by atomic mass is 9.76. The average Bonchev–Trinajstić information content (AvgIpc) is 1.09. The van der Waals surface area contributed by atoms with Crippen LogP contribution < -0.4 is 0 Å². The molecule has 0 aliphatic rings. The molecule has 20 aromatic rings. The van der Waals surface area contributed by atoms with Crippen LogP contribution in [0.15, 0.2) is 358 Å². The molecular formula is C95H59N7. The Hall–Kier alpha value is -13.9. The Labute approximate surface area is 587 Å². The number of hydrogen-bond acceptors (Lipinski definition) is 3. The van der Waals surface area contributed by atoms with Gasteiger partial charge in [-0.05, 0) is 155 Å². The summed E-state index contributed by atoms with van der Waals surface area (Å²) in [6.45, 7) is 0. The van der Waals surface area contributed by atoms with Crippen molar-refractivity contribution >= 4 is 87.2 Å². The van der Waals surface area contributed by atoms with E-state index in [9.17, 15) is 5.26 Å². The number of rotatable bonds is 11. The number of para-hydroxylation sites is 8. The lowest BCUT2D eigenvalue weighted by molar-refractivity contribution is 1.18. The molecule has 0 aliphatic heterocycles. The monoisotopic (exact) mass is 1300 g/mol. The van der Waals surface area contributed by atoms with E-state index in [1.54, 1.807) is 0 Å². The van der Waals surface area contributed by atoms with Crippen molar-refractivity contribution in [1.82, 2.24) is 28.2 Å². The quantitative estimate of drug-likeness (QED) is 0.130. The van der Waals surface area contributed by atoms with Crippen LogP contribution in [0.25, 0.3) is 188 Å². The summed E-state index contributed by atoms with van der Waals surface area (Å²) in [5.74, 6) is 0.478. The molecule has 0 bridgehead atoms. The first-order valence-electron chi connectivity index (χ1n) is 34.6. The topological polar surface area (TPSA) is 69.3 Å². The van der Waals surface area contributed by atoms with E-state index in [2.05, 4.69) is 370 Å². The zero-order valence-electron chi connectivity index (χ0n) is 55.2. The molecule has 20 rings (SSSR count). The van der Waals surface area contributed by atoms with Crippen LogP contribution in [0.2, 0.25) is 0 Å². The van der Waals surface area contributed by atoms with Gasteiger partial charge in [0.05, 0.1) is 61.1 Å². The minimum Gasteiger partial charge on any atom is -0.309 e. The molecule has 0 aliphatic carbocycles. The predicted octanol–water partition coefficient (Wildman–Crippen LogP) is 24.4. The molecule has 0 spiro atoms. The largest absolute Gasteiger partial charge is 0.309 e.